The molecule has 2 N–H and O–H groups in total. The van der Waals surface area contributed by atoms with Crippen LogP contribution in [0.25, 0.3) is 11.3 Å². The van der Waals surface area contributed by atoms with Crippen LogP contribution in [-0.4, -0.2) is 22.5 Å². The van der Waals surface area contributed by atoms with Crippen LogP contribution >= 0.6 is 0 Å². The van der Waals surface area contributed by atoms with Gasteiger partial charge in [0.1, 0.15) is 11.4 Å². The number of anilines is 1. The van der Waals surface area contributed by atoms with E-state index in [0.29, 0.717) is 18.0 Å². The molecule has 150 valence electrons. The van der Waals surface area contributed by atoms with Gasteiger partial charge in [0.25, 0.3) is 5.56 Å². The molecule has 2 aromatic carbocycles. The molecule has 0 aliphatic heterocycles. The summed E-state index contributed by atoms with van der Waals surface area (Å²) in [6.07, 6.45) is 3.38. The Morgan fingerprint density at radius 2 is 1.86 bits per heavy atom. The summed E-state index contributed by atoms with van der Waals surface area (Å²) in [6, 6.07) is 19.0. The number of nitrogens with one attached hydrogen (secondary N) is 2. The van der Waals surface area contributed by atoms with Crippen molar-refractivity contribution in [1.29, 1.82) is 0 Å². The summed E-state index contributed by atoms with van der Waals surface area (Å²) in [6.45, 7) is 4.79. The highest BCUT2D eigenvalue weighted by atomic mass is 16.5. The first-order valence-electron chi connectivity index (χ1n) is 9.86. The molecular formula is C23H26N4O2. The van der Waals surface area contributed by atoms with Crippen LogP contribution in [0, 0.1) is 0 Å². The number of hydrogen-bond acceptors (Lipinski definition) is 5. The van der Waals surface area contributed by atoms with Crippen molar-refractivity contribution in [2.75, 3.05) is 12.0 Å². The number of benzene rings is 2. The second-order valence-electron chi connectivity index (χ2n) is 6.75. The van der Waals surface area contributed by atoms with Crippen molar-refractivity contribution in [3.63, 3.8) is 0 Å². The Bertz CT molecular complexity index is 995. The number of aromatic nitrogens is 2. The topological polar surface area (TPSA) is 79.4 Å². The lowest BCUT2D eigenvalue weighted by atomic mass is 10.1. The Hall–Kier alpha value is -3.41. The van der Waals surface area contributed by atoms with Gasteiger partial charge in [0.05, 0.1) is 18.0 Å². The first-order valence-corrected chi connectivity index (χ1v) is 9.86. The lowest BCUT2D eigenvalue weighted by molar-refractivity contribution is 0.306. The Morgan fingerprint density at radius 1 is 1.10 bits per heavy atom. The van der Waals surface area contributed by atoms with Gasteiger partial charge in [-0.05, 0) is 43.2 Å². The van der Waals surface area contributed by atoms with Crippen LogP contribution in [0.4, 0.5) is 5.69 Å². The van der Waals surface area contributed by atoms with Crippen molar-refractivity contribution >= 4 is 11.4 Å². The highest BCUT2D eigenvalue weighted by Gasteiger charge is 2.09. The average molecular weight is 390 g/mol. The van der Waals surface area contributed by atoms with Crippen LogP contribution in [0.5, 0.6) is 5.75 Å². The first kappa shape index (κ1) is 20.3. The number of rotatable bonds is 9. The van der Waals surface area contributed by atoms with Crippen LogP contribution in [-0.2, 0) is 0 Å². The summed E-state index contributed by atoms with van der Waals surface area (Å²) < 4.78 is 5.76. The number of nitrogens with zero attached hydrogens (tertiary/aromatic N) is 2. The maximum absolute atomic E-state index is 11.8. The molecule has 3 rings (SSSR count). The van der Waals surface area contributed by atoms with Gasteiger partial charge in [-0.3, -0.25) is 10.2 Å². The molecule has 3 aromatic rings. The zero-order valence-corrected chi connectivity index (χ0v) is 16.8. The van der Waals surface area contributed by atoms with Crippen molar-refractivity contribution in [3.05, 3.63) is 76.6 Å². The highest BCUT2D eigenvalue weighted by Crippen LogP contribution is 2.26. The van der Waals surface area contributed by atoms with Gasteiger partial charge in [-0.1, -0.05) is 50.1 Å². The number of hydrogen-bond donors (Lipinski definition) is 2. The lowest BCUT2D eigenvalue weighted by Crippen LogP contribution is -2.10. The van der Waals surface area contributed by atoms with Gasteiger partial charge < -0.3 is 4.74 Å². The molecule has 0 saturated heterocycles. The molecular weight excluding hydrogens is 364 g/mol. The third kappa shape index (κ3) is 5.78. The van der Waals surface area contributed by atoms with Crippen molar-refractivity contribution in [3.8, 4) is 17.0 Å². The number of H-pyrrole nitrogens is 1. The number of aromatic amines is 1. The van der Waals surface area contributed by atoms with E-state index in [-0.39, 0.29) is 5.56 Å². The Balaban J connectivity index is 1.77. The predicted octanol–water partition coefficient (Wildman–Crippen LogP) is 4.84. The average Bonchev–Trinajstić information content (AvgIpc) is 2.76. The van der Waals surface area contributed by atoms with E-state index in [1.807, 2.05) is 61.5 Å². The SMILES string of the molecule is CCCCCOc1ccc(-c2n[nH]c(=O)cc2NN=C(C)c2ccccc2)cc1. The van der Waals surface area contributed by atoms with Gasteiger partial charge in [-0.2, -0.15) is 10.2 Å². The van der Waals surface area contributed by atoms with Gasteiger partial charge in [0.15, 0.2) is 0 Å². The summed E-state index contributed by atoms with van der Waals surface area (Å²) in [4.78, 5) is 11.8. The molecule has 0 atom stereocenters. The second-order valence-corrected chi connectivity index (χ2v) is 6.75. The minimum Gasteiger partial charge on any atom is -0.494 e. The molecule has 0 aliphatic carbocycles. The van der Waals surface area contributed by atoms with Crippen LogP contribution in [0.15, 0.2) is 70.6 Å². The molecule has 0 radical (unpaired) electrons. The van der Waals surface area contributed by atoms with Crippen LogP contribution in [0.2, 0.25) is 0 Å². The van der Waals surface area contributed by atoms with Crippen LogP contribution in [0.1, 0.15) is 38.7 Å². The quantitative estimate of drug-likeness (QED) is 0.311. The van der Waals surface area contributed by atoms with E-state index in [4.69, 9.17) is 4.74 Å². The Labute approximate surface area is 170 Å². The standard InChI is InChI=1S/C23H26N4O2/c1-3-4-8-15-29-20-13-11-19(12-14-20)23-21(16-22(28)26-27-23)25-24-17(2)18-9-6-5-7-10-18/h5-7,9-14,16H,3-4,8,15H2,1-2H3,(H2,25,26,28). The van der Waals surface area contributed by atoms with E-state index >= 15 is 0 Å². The minimum atomic E-state index is -0.292. The molecule has 0 spiro atoms. The minimum absolute atomic E-state index is 0.292. The van der Waals surface area contributed by atoms with E-state index < -0.39 is 0 Å². The number of ether oxygens (including phenoxy) is 1. The fourth-order valence-corrected chi connectivity index (χ4v) is 2.85. The normalized spacial score (nSPS) is 11.3. The maximum Gasteiger partial charge on any atom is 0.266 e. The Morgan fingerprint density at radius 3 is 2.59 bits per heavy atom. The fourth-order valence-electron chi connectivity index (χ4n) is 2.85. The number of unbranched alkanes of at least 4 members (excludes halogenated alkanes) is 2. The van der Waals surface area contributed by atoms with E-state index in [0.717, 1.165) is 35.4 Å². The van der Waals surface area contributed by atoms with Crippen molar-refractivity contribution in [2.24, 2.45) is 5.10 Å². The third-order valence-electron chi connectivity index (χ3n) is 4.49. The summed E-state index contributed by atoms with van der Waals surface area (Å²) in [5.74, 6) is 0.821. The summed E-state index contributed by atoms with van der Waals surface area (Å²) in [5, 5.41) is 11.1. The summed E-state index contributed by atoms with van der Waals surface area (Å²) >= 11 is 0. The van der Waals surface area contributed by atoms with Gasteiger partial charge >= 0.3 is 0 Å². The van der Waals surface area contributed by atoms with Crippen LogP contribution in [0.3, 0.4) is 0 Å². The van der Waals surface area contributed by atoms with Crippen molar-refractivity contribution < 1.29 is 4.74 Å². The molecule has 1 heterocycles. The summed E-state index contributed by atoms with van der Waals surface area (Å²) in [7, 11) is 0. The van der Waals surface area contributed by atoms with E-state index in [1.165, 1.54) is 12.5 Å². The maximum atomic E-state index is 11.8. The molecule has 0 amide bonds. The van der Waals surface area contributed by atoms with E-state index in [2.05, 4.69) is 27.6 Å². The Kier molecular flexibility index (Phi) is 7.16. The van der Waals surface area contributed by atoms with Crippen LogP contribution < -0.4 is 15.7 Å². The van der Waals surface area contributed by atoms with Gasteiger partial charge in [-0.25, -0.2) is 5.10 Å². The molecule has 0 saturated carbocycles. The van der Waals surface area contributed by atoms with Gasteiger partial charge in [0, 0.05) is 11.6 Å². The largest absolute Gasteiger partial charge is 0.494 e. The summed E-state index contributed by atoms with van der Waals surface area (Å²) in [5.41, 5.74) is 6.53. The predicted molar refractivity (Wildman–Crippen MR) is 118 cm³/mol. The molecule has 0 fully saturated rings. The lowest BCUT2D eigenvalue weighted by Gasteiger charge is -2.10. The first-order chi connectivity index (χ1) is 14.2. The van der Waals surface area contributed by atoms with E-state index in [1.54, 1.807) is 0 Å². The molecule has 0 aliphatic rings. The fraction of sp³-hybridized carbons (Fsp3) is 0.261. The zero-order chi connectivity index (χ0) is 20.5. The highest BCUT2D eigenvalue weighted by molar-refractivity contribution is 5.99. The van der Waals surface area contributed by atoms with E-state index in [9.17, 15) is 4.79 Å². The zero-order valence-electron chi connectivity index (χ0n) is 16.8. The molecule has 6 nitrogen and oxygen atoms in total. The molecule has 0 unspecified atom stereocenters. The van der Waals surface area contributed by atoms with Gasteiger partial charge in [0.2, 0.25) is 0 Å². The molecule has 29 heavy (non-hydrogen) atoms. The number of hydrazone groups is 1. The smallest absolute Gasteiger partial charge is 0.266 e. The monoisotopic (exact) mass is 390 g/mol. The van der Waals surface area contributed by atoms with Crippen molar-refractivity contribution in [1.82, 2.24) is 10.2 Å². The van der Waals surface area contributed by atoms with Crippen molar-refractivity contribution in [2.45, 2.75) is 33.1 Å². The second kappa shape index (κ2) is 10.2. The third-order valence-corrected chi connectivity index (χ3v) is 4.49. The molecule has 6 heteroatoms. The van der Waals surface area contributed by atoms with Gasteiger partial charge in [-0.15, -0.1) is 0 Å². The molecule has 0 bridgehead atoms. The molecule has 1 aromatic heterocycles.